The van der Waals surface area contributed by atoms with Gasteiger partial charge in [-0.3, -0.25) is 9.59 Å². The highest BCUT2D eigenvalue weighted by molar-refractivity contribution is 5.69. The monoisotopic (exact) mass is 482 g/mol. The molecule has 0 aliphatic rings. The minimum atomic E-state index is -0.770. The number of hydrogen-bond donors (Lipinski definition) is 1. The van der Waals surface area contributed by atoms with Crippen molar-refractivity contribution in [3.8, 4) is 0 Å². The minimum absolute atomic E-state index is 0.0908. The molecule has 34 heavy (non-hydrogen) atoms. The molecule has 1 N–H and O–H groups in total. The topological polar surface area (TPSA) is 63.6 Å². The number of carbonyl (C=O) groups is 2. The lowest BCUT2D eigenvalue weighted by molar-refractivity contribution is -0.150. The average Bonchev–Trinajstić information content (AvgIpc) is 2.81. The SMILES string of the molecule is CCCCCCCCCCCCCCC(=O)OC(CCCCCCCCCC)CCCC(=O)O. The molecule has 0 rings (SSSR count). The van der Waals surface area contributed by atoms with Gasteiger partial charge in [-0.25, -0.2) is 0 Å². The molecule has 1 atom stereocenters. The molecule has 0 aromatic heterocycles. The van der Waals surface area contributed by atoms with Crippen molar-refractivity contribution in [2.75, 3.05) is 0 Å². The number of aliphatic carboxylic acids is 1. The maximum Gasteiger partial charge on any atom is 0.306 e. The Morgan fingerprint density at radius 2 is 0.912 bits per heavy atom. The molecule has 0 fully saturated rings. The summed E-state index contributed by atoms with van der Waals surface area (Å²) in [6.07, 6.45) is 28.2. The summed E-state index contributed by atoms with van der Waals surface area (Å²) in [7, 11) is 0. The summed E-state index contributed by atoms with van der Waals surface area (Å²) < 4.78 is 5.76. The maximum atomic E-state index is 12.3. The number of unbranched alkanes of at least 4 members (excludes halogenated alkanes) is 18. The van der Waals surface area contributed by atoms with Crippen LogP contribution in [0.3, 0.4) is 0 Å². The smallest absolute Gasteiger partial charge is 0.306 e. The van der Waals surface area contributed by atoms with Crippen molar-refractivity contribution >= 4 is 11.9 Å². The first-order valence-electron chi connectivity index (χ1n) is 15.0. The van der Waals surface area contributed by atoms with E-state index in [0.29, 0.717) is 19.3 Å². The van der Waals surface area contributed by atoms with E-state index in [4.69, 9.17) is 9.84 Å². The highest BCUT2D eigenvalue weighted by atomic mass is 16.5. The third-order valence-corrected chi connectivity index (χ3v) is 6.83. The van der Waals surface area contributed by atoms with E-state index in [1.165, 1.54) is 109 Å². The molecule has 0 saturated carbocycles. The van der Waals surface area contributed by atoms with Gasteiger partial charge in [0.05, 0.1) is 0 Å². The zero-order valence-corrected chi connectivity index (χ0v) is 22.9. The van der Waals surface area contributed by atoms with Crippen molar-refractivity contribution in [3.05, 3.63) is 0 Å². The second-order valence-corrected chi connectivity index (χ2v) is 10.3. The second kappa shape index (κ2) is 26.5. The van der Waals surface area contributed by atoms with Crippen molar-refractivity contribution in [2.45, 2.75) is 180 Å². The first-order chi connectivity index (χ1) is 16.6. The Morgan fingerprint density at radius 1 is 0.529 bits per heavy atom. The van der Waals surface area contributed by atoms with Crippen molar-refractivity contribution < 1.29 is 19.4 Å². The molecule has 0 aromatic rings. The van der Waals surface area contributed by atoms with E-state index in [-0.39, 0.29) is 18.5 Å². The summed E-state index contributed by atoms with van der Waals surface area (Å²) in [6.45, 7) is 4.50. The molecule has 0 spiro atoms. The normalized spacial score (nSPS) is 12.1. The predicted octanol–water partition coefficient (Wildman–Crippen LogP) is 9.78. The number of carboxylic acid groups (broad SMARTS) is 1. The Hall–Kier alpha value is -1.06. The Bertz CT molecular complexity index is 449. The number of ether oxygens (including phenoxy) is 1. The lowest BCUT2D eigenvalue weighted by atomic mass is 10.0. The van der Waals surface area contributed by atoms with Crippen LogP contribution in [0.1, 0.15) is 174 Å². The predicted molar refractivity (Wildman–Crippen MR) is 144 cm³/mol. The van der Waals surface area contributed by atoms with E-state index >= 15 is 0 Å². The largest absolute Gasteiger partial charge is 0.481 e. The van der Waals surface area contributed by atoms with E-state index < -0.39 is 5.97 Å². The van der Waals surface area contributed by atoms with E-state index in [2.05, 4.69) is 13.8 Å². The van der Waals surface area contributed by atoms with Crippen LogP contribution in [0.15, 0.2) is 0 Å². The van der Waals surface area contributed by atoms with Gasteiger partial charge in [0.1, 0.15) is 6.10 Å². The molecule has 0 bridgehead atoms. The van der Waals surface area contributed by atoms with Gasteiger partial charge in [-0.05, 0) is 32.1 Å². The highest BCUT2D eigenvalue weighted by Crippen LogP contribution is 2.18. The van der Waals surface area contributed by atoms with Crippen molar-refractivity contribution in [1.29, 1.82) is 0 Å². The summed E-state index contributed by atoms with van der Waals surface area (Å²) in [5.74, 6) is -0.861. The van der Waals surface area contributed by atoms with Crippen LogP contribution in [0.4, 0.5) is 0 Å². The number of carbonyl (C=O) groups excluding carboxylic acids is 1. The second-order valence-electron chi connectivity index (χ2n) is 10.3. The number of carboxylic acids is 1. The third-order valence-electron chi connectivity index (χ3n) is 6.83. The first-order valence-corrected chi connectivity index (χ1v) is 15.0. The zero-order valence-electron chi connectivity index (χ0n) is 22.9. The highest BCUT2D eigenvalue weighted by Gasteiger charge is 2.15. The van der Waals surface area contributed by atoms with Gasteiger partial charge in [0, 0.05) is 12.8 Å². The van der Waals surface area contributed by atoms with Gasteiger partial charge < -0.3 is 9.84 Å². The fourth-order valence-corrected chi connectivity index (χ4v) is 4.60. The van der Waals surface area contributed by atoms with Gasteiger partial charge in [-0.2, -0.15) is 0 Å². The van der Waals surface area contributed by atoms with E-state index in [1.54, 1.807) is 0 Å². The fraction of sp³-hybridized carbons (Fsp3) is 0.933. The van der Waals surface area contributed by atoms with Crippen LogP contribution in [0.5, 0.6) is 0 Å². The summed E-state index contributed by atoms with van der Waals surface area (Å²) >= 11 is 0. The minimum Gasteiger partial charge on any atom is -0.481 e. The van der Waals surface area contributed by atoms with Gasteiger partial charge in [-0.1, -0.05) is 129 Å². The van der Waals surface area contributed by atoms with Crippen molar-refractivity contribution in [2.24, 2.45) is 0 Å². The van der Waals surface area contributed by atoms with Crippen LogP contribution < -0.4 is 0 Å². The van der Waals surface area contributed by atoms with E-state index in [9.17, 15) is 9.59 Å². The molecule has 4 heteroatoms. The Morgan fingerprint density at radius 3 is 1.35 bits per heavy atom. The molecule has 0 heterocycles. The molecule has 0 amide bonds. The van der Waals surface area contributed by atoms with Crippen LogP contribution in [0, 0.1) is 0 Å². The standard InChI is InChI=1S/C30H58O4/c1-3-5-7-9-11-13-14-15-16-18-20-22-27-30(33)34-28(25-23-26-29(31)32)24-21-19-17-12-10-8-6-4-2/h28H,3-27H2,1-2H3,(H,31,32). The quantitative estimate of drug-likeness (QED) is 0.0934. The average molecular weight is 483 g/mol. The zero-order chi connectivity index (χ0) is 25.1. The van der Waals surface area contributed by atoms with Gasteiger partial charge in [-0.15, -0.1) is 0 Å². The van der Waals surface area contributed by atoms with Crippen LogP contribution in [0.25, 0.3) is 0 Å². The lowest BCUT2D eigenvalue weighted by Gasteiger charge is -2.18. The van der Waals surface area contributed by atoms with Crippen LogP contribution in [-0.4, -0.2) is 23.1 Å². The molecule has 202 valence electrons. The Balaban J connectivity index is 3.84. The van der Waals surface area contributed by atoms with Crippen LogP contribution in [-0.2, 0) is 14.3 Å². The molecule has 0 radical (unpaired) electrons. The number of esters is 1. The summed E-state index contributed by atoms with van der Waals surface area (Å²) in [4.78, 5) is 23.2. The first kappa shape index (κ1) is 32.9. The molecule has 0 saturated heterocycles. The summed E-state index contributed by atoms with van der Waals surface area (Å²) in [5.41, 5.74) is 0. The number of hydrogen-bond acceptors (Lipinski definition) is 3. The van der Waals surface area contributed by atoms with Crippen molar-refractivity contribution in [1.82, 2.24) is 0 Å². The molecular weight excluding hydrogens is 424 g/mol. The van der Waals surface area contributed by atoms with Gasteiger partial charge in [0.15, 0.2) is 0 Å². The molecule has 1 unspecified atom stereocenters. The van der Waals surface area contributed by atoms with Gasteiger partial charge in [0.2, 0.25) is 0 Å². The number of rotatable bonds is 27. The van der Waals surface area contributed by atoms with Crippen LogP contribution >= 0.6 is 0 Å². The third kappa shape index (κ3) is 25.6. The Labute approximate surface area is 212 Å². The fourth-order valence-electron chi connectivity index (χ4n) is 4.60. The van der Waals surface area contributed by atoms with Gasteiger partial charge in [0.25, 0.3) is 0 Å². The summed E-state index contributed by atoms with van der Waals surface area (Å²) in [5, 5.41) is 8.91. The molecule has 0 aliphatic carbocycles. The van der Waals surface area contributed by atoms with Gasteiger partial charge >= 0.3 is 11.9 Å². The molecule has 0 aliphatic heterocycles. The molecule has 0 aromatic carbocycles. The molecular formula is C30H58O4. The van der Waals surface area contributed by atoms with Crippen molar-refractivity contribution in [3.63, 3.8) is 0 Å². The van der Waals surface area contributed by atoms with E-state index in [1.807, 2.05) is 0 Å². The maximum absolute atomic E-state index is 12.3. The lowest BCUT2D eigenvalue weighted by Crippen LogP contribution is -2.18. The van der Waals surface area contributed by atoms with Crippen LogP contribution in [0.2, 0.25) is 0 Å². The molecule has 4 nitrogen and oxygen atoms in total. The Kier molecular flexibility index (Phi) is 25.7. The van der Waals surface area contributed by atoms with E-state index in [0.717, 1.165) is 25.7 Å². The summed E-state index contributed by atoms with van der Waals surface area (Å²) in [6, 6.07) is 0.